The molecule has 116 valence electrons. The van der Waals surface area contributed by atoms with Crippen molar-refractivity contribution in [2.45, 2.75) is 51.5 Å². The lowest BCUT2D eigenvalue weighted by molar-refractivity contribution is -0.136. The van der Waals surface area contributed by atoms with Crippen LogP contribution in [0.25, 0.3) is 0 Å². The number of hydrogen-bond acceptors (Lipinski definition) is 2. The Kier molecular flexibility index (Phi) is 3.32. The van der Waals surface area contributed by atoms with E-state index in [0.717, 1.165) is 44.2 Å². The molecule has 2 bridgehead atoms. The third kappa shape index (κ3) is 2.10. The van der Waals surface area contributed by atoms with Crippen molar-refractivity contribution in [1.82, 2.24) is 0 Å². The molecular formula is C19H23NO2. The van der Waals surface area contributed by atoms with Gasteiger partial charge in [0.15, 0.2) is 0 Å². The van der Waals surface area contributed by atoms with Gasteiger partial charge in [-0.1, -0.05) is 24.6 Å². The van der Waals surface area contributed by atoms with Gasteiger partial charge in [-0.2, -0.15) is 0 Å². The maximum atomic E-state index is 13.1. The minimum atomic E-state index is 0.0432. The Labute approximate surface area is 131 Å². The van der Waals surface area contributed by atoms with Gasteiger partial charge in [0.05, 0.1) is 0 Å². The van der Waals surface area contributed by atoms with Gasteiger partial charge in [0, 0.05) is 29.5 Å². The van der Waals surface area contributed by atoms with E-state index in [2.05, 4.69) is 19.1 Å². The second kappa shape index (κ2) is 5.22. The van der Waals surface area contributed by atoms with E-state index in [1.807, 2.05) is 17.0 Å². The van der Waals surface area contributed by atoms with Crippen LogP contribution in [0.2, 0.25) is 0 Å². The number of nitrogens with zero attached hydrogens (tertiary/aromatic N) is 1. The molecule has 3 heteroatoms. The number of amides is 1. The van der Waals surface area contributed by atoms with Gasteiger partial charge in [-0.05, 0) is 50.7 Å². The molecule has 0 N–H and O–H groups in total. The first-order chi connectivity index (χ1) is 10.6. The van der Waals surface area contributed by atoms with Crippen LogP contribution in [0.5, 0.6) is 0 Å². The number of ketones is 1. The molecule has 0 saturated heterocycles. The molecule has 0 radical (unpaired) electrons. The Morgan fingerprint density at radius 3 is 2.55 bits per heavy atom. The van der Waals surface area contributed by atoms with Crippen molar-refractivity contribution in [2.24, 2.45) is 17.8 Å². The zero-order valence-electron chi connectivity index (χ0n) is 13.1. The molecule has 22 heavy (non-hydrogen) atoms. The van der Waals surface area contributed by atoms with Crippen molar-refractivity contribution < 1.29 is 9.59 Å². The lowest BCUT2D eigenvalue weighted by atomic mass is 9.67. The molecule has 2 saturated carbocycles. The minimum absolute atomic E-state index is 0.0432. The molecule has 2 aliphatic carbocycles. The largest absolute Gasteiger partial charge is 0.309 e. The van der Waals surface area contributed by atoms with E-state index in [9.17, 15) is 9.59 Å². The minimum Gasteiger partial charge on any atom is -0.309 e. The topological polar surface area (TPSA) is 37.4 Å². The molecule has 4 rings (SSSR count). The summed E-state index contributed by atoms with van der Waals surface area (Å²) >= 11 is 0. The average molecular weight is 297 g/mol. The molecule has 1 heterocycles. The average Bonchev–Trinajstić information content (AvgIpc) is 2.82. The van der Waals surface area contributed by atoms with Gasteiger partial charge >= 0.3 is 0 Å². The van der Waals surface area contributed by atoms with Gasteiger partial charge in [0.2, 0.25) is 5.91 Å². The number of benzene rings is 1. The molecule has 0 spiro atoms. The molecule has 0 aromatic heterocycles. The molecule has 3 nitrogen and oxygen atoms in total. The highest BCUT2D eigenvalue weighted by atomic mass is 16.2. The van der Waals surface area contributed by atoms with Crippen molar-refractivity contribution in [1.29, 1.82) is 0 Å². The Balaban J connectivity index is 1.59. The molecule has 2 fully saturated rings. The van der Waals surface area contributed by atoms with Crippen LogP contribution in [0.3, 0.4) is 0 Å². The Bertz CT molecular complexity index is 608. The highest BCUT2D eigenvalue weighted by Gasteiger charge is 2.44. The zero-order valence-corrected chi connectivity index (χ0v) is 13.1. The van der Waals surface area contributed by atoms with Crippen LogP contribution in [0.1, 0.15) is 44.6 Å². The quantitative estimate of drug-likeness (QED) is 0.797. The van der Waals surface area contributed by atoms with E-state index >= 15 is 0 Å². The number of hydrogen-bond donors (Lipinski definition) is 0. The first-order valence-electron chi connectivity index (χ1n) is 8.60. The number of carbonyl (C=O) groups is 2. The Morgan fingerprint density at radius 2 is 1.82 bits per heavy atom. The van der Waals surface area contributed by atoms with E-state index < -0.39 is 0 Å². The SMILES string of the molecule is C[C@H]1Cc2ccccc2N1C(=O)C1C[C@H]2CCC[C@@H](C1)C2=O. The van der Waals surface area contributed by atoms with Gasteiger partial charge in [0.1, 0.15) is 5.78 Å². The molecular weight excluding hydrogens is 274 g/mol. The molecule has 4 atom stereocenters. The summed E-state index contributed by atoms with van der Waals surface area (Å²) in [5.41, 5.74) is 2.36. The maximum absolute atomic E-state index is 13.1. The van der Waals surface area contributed by atoms with Crippen LogP contribution < -0.4 is 4.90 Å². The van der Waals surface area contributed by atoms with Crippen LogP contribution in [-0.4, -0.2) is 17.7 Å². The highest BCUT2D eigenvalue weighted by molar-refractivity contribution is 5.99. The van der Waals surface area contributed by atoms with Gasteiger partial charge in [0.25, 0.3) is 0 Å². The fourth-order valence-electron chi connectivity index (χ4n) is 4.78. The summed E-state index contributed by atoms with van der Waals surface area (Å²) in [6.07, 6.45) is 5.64. The van der Waals surface area contributed by atoms with E-state index in [-0.39, 0.29) is 29.7 Å². The second-order valence-corrected chi connectivity index (χ2v) is 7.29. The molecule has 1 aromatic carbocycles. The summed E-state index contributed by atoms with van der Waals surface area (Å²) < 4.78 is 0. The summed E-state index contributed by atoms with van der Waals surface area (Å²) in [4.78, 5) is 27.4. The first-order valence-corrected chi connectivity index (χ1v) is 8.60. The molecule has 1 amide bonds. The predicted molar refractivity (Wildman–Crippen MR) is 85.7 cm³/mol. The van der Waals surface area contributed by atoms with Gasteiger partial charge in [-0.25, -0.2) is 0 Å². The van der Waals surface area contributed by atoms with Gasteiger partial charge in [-0.3, -0.25) is 9.59 Å². The van der Waals surface area contributed by atoms with E-state index in [1.165, 1.54) is 5.56 Å². The number of anilines is 1. The lowest BCUT2D eigenvalue weighted by Gasteiger charge is -2.39. The summed E-state index contributed by atoms with van der Waals surface area (Å²) in [5, 5.41) is 0. The number of Topliss-reactive ketones (excluding diaryl/α,β-unsaturated/α-hetero) is 1. The maximum Gasteiger partial charge on any atom is 0.230 e. The number of carbonyl (C=O) groups excluding carboxylic acids is 2. The van der Waals surface area contributed by atoms with Crippen molar-refractivity contribution in [2.75, 3.05) is 4.90 Å². The van der Waals surface area contributed by atoms with Crippen LogP contribution in [0, 0.1) is 17.8 Å². The third-order valence-electron chi connectivity index (χ3n) is 5.84. The Hall–Kier alpha value is -1.64. The summed E-state index contributed by atoms with van der Waals surface area (Å²) in [6.45, 7) is 2.13. The van der Waals surface area contributed by atoms with E-state index in [0.29, 0.717) is 5.78 Å². The molecule has 3 aliphatic rings. The second-order valence-electron chi connectivity index (χ2n) is 7.29. The smallest absolute Gasteiger partial charge is 0.230 e. The van der Waals surface area contributed by atoms with Crippen LogP contribution in [0.15, 0.2) is 24.3 Å². The van der Waals surface area contributed by atoms with Gasteiger partial charge < -0.3 is 4.90 Å². The Morgan fingerprint density at radius 1 is 1.14 bits per heavy atom. The van der Waals surface area contributed by atoms with Crippen LogP contribution in [0.4, 0.5) is 5.69 Å². The van der Waals surface area contributed by atoms with Crippen LogP contribution in [-0.2, 0) is 16.0 Å². The number of para-hydroxylation sites is 1. The number of fused-ring (bicyclic) bond motifs is 3. The molecule has 1 aromatic rings. The monoisotopic (exact) mass is 297 g/mol. The molecule has 1 unspecified atom stereocenters. The highest BCUT2D eigenvalue weighted by Crippen LogP contribution is 2.42. The summed E-state index contributed by atoms with van der Waals surface area (Å²) in [7, 11) is 0. The third-order valence-corrected chi connectivity index (χ3v) is 5.84. The predicted octanol–water partition coefficient (Wildman–Crippen LogP) is 3.36. The van der Waals surface area contributed by atoms with Crippen molar-refractivity contribution >= 4 is 17.4 Å². The zero-order chi connectivity index (χ0) is 15.3. The lowest BCUT2D eigenvalue weighted by Crippen LogP contribution is -2.46. The first kappa shape index (κ1) is 14.0. The van der Waals surface area contributed by atoms with Crippen molar-refractivity contribution in [3.05, 3.63) is 29.8 Å². The fraction of sp³-hybridized carbons (Fsp3) is 0.579. The number of rotatable bonds is 1. The molecule has 1 aliphatic heterocycles. The van der Waals surface area contributed by atoms with Crippen molar-refractivity contribution in [3.63, 3.8) is 0 Å². The van der Waals surface area contributed by atoms with Crippen molar-refractivity contribution in [3.8, 4) is 0 Å². The summed E-state index contributed by atoms with van der Waals surface area (Å²) in [6, 6.07) is 8.48. The standard InChI is InChI=1S/C19H23NO2/c1-12-9-13-5-2-3-8-17(13)20(12)19(22)16-10-14-6-4-7-15(11-16)18(14)21/h2-3,5,8,12,14-16H,4,6-7,9-11H2,1H3/t12-,14-,15+,16?/m0/s1. The van der Waals surface area contributed by atoms with E-state index in [1.54, 1.807) is 0 Å². The van der Waals surface area contributed by atoms with Crippen LogP contribution >= 0.6 is 0 Å². The summed E-state index contributed by atoms with van der Waals surface area (Å²) in [5.74, 6) is 1.03. The normalized spacial score (nSPS) is 33.7. The van der Waals surface area contributed by atoms with E-state index in [4.69, 9.17) is 0 Å². The van der Waals surface area contributed by atoms with Gasteiger partial charge in [-0.15, -0.1) is 0 Å². The fourth-order valence-corrected chi connectivity index (χ4v) is 4.78.